The van der Waals surface area contributed by atoms with Crippen molar-refractivity contribution in [1.29, 1.82) is 0 Å². The van der Waals surface area contributed by atoms with Gasteiger partial charge in [-0.2, -0.15) is 0 Å². The molecule has 6 heteroatoms. The van der Waals surface area contributed by atoms with E-state index in [1.165, 1.54) is 5.57 Å². The number of ketones is 1. The number of Topliss-reactive ketones (excluding diaryl/α,β-unsaturated/α-hetero) is 1. The van der Waals surface area contributed by atoms with E-state index in [0.29, 0.717) is 18.4 Å². The normalized spacial score (nSPS) is 26.9. The summed E-state index contributed by atoms with van der Waals surface area (Å²) in [4.78, 5) is 22.4. The van der Waals surface area contributed by atoms with Crippen LogP contribution in [0.3, 0.4) is 0 Å². The van der Waals surface area contributed by atoms with E-state index in [1.54, 1.807) is 0 Å². The summed E-state index contributed by atoms with van der Waals surface area (Å²) in [6.45, 7) is 4.94. The maximum Gasteiger partial charge on any atom is 0.340 e. The van der Waals surface area contributed by atoms with Crippen LogP contribution in [0.2, 0.25) is 0 Å². The van der Waals surface area contributed by atoms with Crippen molar-refractivity contribution in [1.82, 2.24) is 0 Å². The minimum Gasteiger partial charge on any atom is -0.494 e. The monoisotopic (exact) mass is 402 g/mol. The van der Waals surface area contributed by atoms with Gasteiger partial charge in [0.15, 0.2) is 5.78 Å². The van der Waals surface area contributed by atoms with Gasteiger partial charge in [0.1, 0.15) is 5.75 Å². The molecule has 3 rings (SSSR count). The van der Waals surface area contributed by atoms with Gasteiger partial charge in [-0.25, -0.2) is 4.79 Å². The molecule has 2 aliphatic rings. The average molecular weight is 402 g/mol. The quantitative estimate of drug-likeness (QED) is 0.241. The number of aliphatic hydroxyl groups excluding tert-OH is 1. The predicted molar refractivity (Wildman–Crippen MR) is 108 cm³/mol. The Bertz CT molecular complexity index is 715. The van der Waals surface area contributed by atoms with Crippen LogP contribution in [0.15, 0.2) is 42.5 Å². The molecule has 5 atom stereocenters. The van der Waals surface area contributed by atoms with Crippen LogP contribution in [-0.2, 0) is 14.3 Å². The molecule has 2 fully saturated rings. The van der Waals surface area contributed by atoms with Gasteiger partial charge in [0.2, 0.25) is 6.10 Å². The second-order valence-corrected chi connectivity index (χ2v) is 8.08. The fourth-order valence-corrected chi connectivity index (χ4v) is 4.27. The molecule has 1 aromatic rings. The number of aliphatic hydroxyl groups is 1. The number of rotatable bonds is 12. The van der Waals surface area contributed by atoms with Gasteiger partial charge in [-0.1, -0.05) is 30.4 Å². The standard InChI is InChI=1S/C23H30O6/c1-15-10-11-16(7-5-6-12-28-17-8-3-2-4-9-17)18(15)13-20-21(29-20)14-19(24)22(25)23(26)27/h2-4,8-9,16,18,20-22,25H,1,5-7,10-14H2,(H,26,27)/t16-,18-,20+,21?,22?/m0/s1. The first-order valence-corrected chi connectivity index (χ1v) is 10.4. The van der Waals surface area contributed by atoms with Gasteiger partial charge in [0.05, 0.1) is 18.8 Å². The van der Waals surface area contributed by atoms with Gasteiger partial charge < -0.3 is 19.7 Å². The summed E-state index contributed by atoms with van der Waals surface area (Å²) in [5.74, 6) is -0.332. The molecule has 1 saturated carbocycles. The fourth-order valence-electron chi connectivity index (χ4n) is 4.27. The van der Waals surface area contributed by atoms with Crippen molar-refractivity contribution >= 4 is 11.8 Å². The Morgan fingerprint density at radius 3 is 2.69 bits per heavy atom. The zero-order valence-corrected chi connectivity index (χ0v) is 16.7. The minimum atomic E-state index is -1.95. The van der Waals surface area contributed by atoms with Crippen LogP contribution < -0.4 is 4.74 Å². The highest BCUT2D eigenvalue weighted by atomic mass is 16.6. The van der Waals surface area contributed by atoms with Gasteiger partial charge in [0, 0.05) is 6.42 Å². The van der Waals surface area contributed by atoms with Crippen molar-refractivity contribution in [2.75, 3.05) is 6.61 Å². The first-order chi connectivity index (χ1) is 14.0. The van der Waals surface area contributed by atoms with E-state index in [2.05, 4.69) is 6.58 Å². The summed E-state index contributed by atoms with van der Waals surface area (Å²) >= 11 is 0. The van der Waals surface area contributed by atoms with E-state index < -0.39 is 17.9 Å². The first kappa shape index (κ1) is 21.5. The van der Waals surface area contributed by atoms with E-state index in [0.717, 1.165) is 44.3 Å². The molecule has 1 aliphatic carbocycles. The Morgan fingerprint density at radius 2 is 1.97 bits per heavy atom. The number of hydrogen-bond donors (Lipinski definition) is 2. The molecule has 2 unspecified atom stereocenters. The van der Waals surface area contributed by atoms with Crippen LogP contribution in [0.25, 0.3) is 0 Å². The van der Waals surface area contributed by atoms with Gasteiger partial charge in [-0.05, 0) is 62.5 Å². The second-order valence-electron chi connectivity index (χ2n) is 8.08. The van der Waals surface area contributed by atoms with Crippen LogP contribution in [0, 0.1) is 11.8 Å². The molecule has 1 aromatic carbocycles. The number of epoxide rings is 1. The molecule has 1 aliphatic heterocycles. The SMILES string of the molecule is C=C1CC[C@H](CCCCOc2ccccc2)[C@H]1C[C@H]1OC1CC(=O)C(O)C(=O)O. The number of allylic oxidation sites excluding steroid dienone is 1. The third kappa shape index (κ3) is 6.15. The lowest BCUT2D eigenvalue weighted by Crippen LogP contribution is -2.30. The number of aliphatic carboxylic acids is 1. The number of benzene rings is 1. The van der Waals surface area contributed by atoms with Crippen LogP contribution in [0.4, 0.5) is 0 Å². The van der Waals surface area contributed by atoms with Crippen molar-refractivity contribution in [2.45, 2.75) is 63.3 Å². The van der Waals surface area contributed by atoms with Crippen molar-refractivity contribution in [2.24, 2.45) is 11.8 Å². The molecule has 0 spiro atoms. The Hall–Kier alpha value is -2.18. The van der Waals surface area contributed by atoms with E-state index >= 15 is 0 Å². The molecule has 0 bridgehead atoms. The van der Waals surface area contributed by atoms with Gasteiger partial charge in [-0.3, -0.25) is 4.79 Å². The Kier molecular flexibility index (Phi) is 7.45. The number of carbonyl (C=O) groups excluding carboxylic acids is 1. The maximum absolute atomic E-state index is 11.7. The summed E-state index contributed by atoms with van der Waals surface area (Å²) in [5.41, 5.74) is 1.25. The highest BCUT2D eigenvalue weighted by Gasteiger charge is 2.45. The lowest BCUT2D eigenvalue weighted by atomic mass is 9.85. The zero-order chi connectivity index (χ0) is 20.8. The zero-order valence-electron chi connectivity index (χ0n) is 16.7. The number of hydrogen-bond acceptors (Lipinski definition) is 5. The first-order valence-electron chi connectivity index (χ1n) is 10.4. The average Bonchev–Trinajstić information content (AvgIpc) is 3.35. The smallest absolute Gasteiger partial charge is 0.340 e. The second kappa shape index (κ2) is 10.0. The number of para-hydroxylation sites is 1. The lowest BCUT2D eigenvalue weighted by Gasteiger charge is -2.19. The van der Waals surface area contributed by atoms with Crippen molar-refractivity contribution in [3.8, 4) is 5.75 Å². The van der Waals surface area contributed by atoms with E-state index in [-0.39, 0.29) is 18.6 Å². The van der Waals surface area contributed by atoms with E-state index in [9.17, 15) is 14.7 Å². The summed E-state index contributed by atoms with van der Waals surface area (Å²) in [6.07, 6.45) is 3.91. The van der Waals surface area contributed by atoms with Crippen LogP contribution >= 0.6 is 0 Å². The topological polar surface area (TPSA) is 96.4 Å². The molecule has 6 nitrogen and oxygen atoms in total. The largest absolute Gasteiger partial charge is 0.494 e. The molecular formula is C23H30O6. The third-order valence-electron chi connectivity index (χ3n) is 6.03. The fraction of sp³-hybridized carbons (Fsp3) is 0.565. The number of unbranched alkanes of at least 4 members (excludes halogenated alkanes) is 1. The molecule has 0 aromatic heterocycles. The summed E-state index contributed by atoms with van der Waals surface area (Å²) in [6, 6.07) is 9.82. The highest BCUT2D eigenvalue weighted by Crippen LogP contribution is 2.45. The number of carbonyl (C=O) groups is 2. The van der Waals surface area contributed by atoms with Crippen molar-refractivity contribution < 1.29 is 29.3 Å². The minimum absolute atomic E-state index is 0.0382. The van der Waals surface area contributed by atoms with Crippen LogP contribution in [0.1, 0.15) is 44.9 Å². The maximum atomic E-state index is 11.7. The summed E-state index contributed by atoms with van der Waals surface area (Å²) in [7, 11) is 0. The third-order valence-corrected chi connectivity index (χ3v) is 6.03. The van der Waals surface area contributed by atoms with E-state index in [1.807, 2.05) is 30.3 Å². The molecule has 2 N–H and O–H groups in total. The predicted octanol–water partition coefficient (Wildman–Crippen LogP) is 3.38. The lowest BCUT2D eigenvalue weighted by molar-refractivity contribution is -0.152. The van der Waals surface area contributed by atoms with Crippen LogP contribution in [-0.4, -0.2) is 46.9 Å². The Labute approximate surface area is 171 Å². The molecule has 0 amide bonds. The highest BCUT2D eigenvalue weighted by molar-refractivity contribution is 6.01. The Morgan fingerprint density at radius 1 is 1.21 bits per heavy atom. The summed E-state index contributed by atoms with van der Waals surface area (Å²) in [5, 5.41) is 18.0. The molecule has 1 heterocycles. The van der Waals surface area contributed by atoms with Crippen molar-refractivity contribution in [3.05, 3.63) is 42.5 Å². The van der Waals surface area contributed by atoms with Gasteiger partial charge in [0.25, 0.3) is 0 Å². The molecular weight excluding hydrogens is 372 g/mol. The molecule has 29 heavy (non-hydrogen) atoms. The van der Waals surface area contributed by atoms with Crippen molar-refractivity contribution in [3.63, 3.8) is 0 Å². The van der Waals surface area contributed by atoms with Gasteiger partial charge in [-0.15, -0.1) is 0 Å². The number of ether oxygens (including phenoxy) is 2. The Balaban J connectivity index is 1.36. The molecule has 158 valence electrons. The van der Waals surface area contributed by atoms with Gasteiger partial charge >= 0.3 is 5.97 Å². The van der Waals surface area contributed by atoms with E-state index in [4.69, 9.17) is 14.6 Å². The number of carboxylic acids is 1. The summed E-state index contributed by atoms with van der Waals surface area (Å²) < 4.78 is 11.3. The molecule has 1 saturated heterocycles. The van der Waals surface area contributed by atoms with Crippen LogP contribution in [0.5, 0.6) is 5.75 Å². The number of carboxylic acid groups (broad SMARTS) is 1. The molecule has 0 radical (unpaired) electrons.